The van der Waals surface area contributed by atoms with Crippen molar-refractivity contribution in [1.82, 2.24) is 5.32 Å². The number of carbonyl (C=O) groups excluding carboxylic acids is 1. The van der Waals surface area contributed by atoms with Crippen LogP contribution in [-0.2, 0) is 0 Å². The number of nitrogens with one attached hydrogen (secondary N) is 1. The Labute approximate surface area is 113 Å². The van der Waals surface area contributed by atoms with E-state index in [-0.39, 0.29) is 5.91 Å². The number of methoxy groups -OCH3 is 1. The van der Waals surface area contributed by atoms with E-state index in [0.717, 1.165) is 22.4 Å². The number of ether oxygens (including phenoxy) is 1. The number of carbonyl (C=O) groups is 1. The van der Waals surface area contributed by atoms with Crippen molar-refractivity contribution in [3.63, 3.8) is 0 Å². The van der Waals surface area contributed by atoms with Crippen LogP contribution in [0.4, 0.5) is 0 Å². The predicted molar refractivity (Wildman–Crippen MR) is 73.9 cm³/mol. The van der Waals surface area contributed by atoms with Crippen LogP contribution in [0.3, 0.4) is 0 Å². The smallest absolute Gasteiger partial charge is 0.255 e. The highest BCUT2D eigenvalue weighted by atomic mass is 79.9. The standard InChI is InChI=1S/C12H14BrNO2S/c1-16-11-6-8(13)2-3-10(11)12(15)14-9-4-5-17-7-9/h2-3,6,9H,4-5,7H2,1H3,(H,14,15). The summed E-state index contributed by atoms with van der Waals surface area (Å²) in [7, 11) is 1.57. The van der Waals surface area contributed by atoms with Gasteiger partial charge in [0.1, 0.15) is 5.75 Å². The molecule has 0 aliphatic carbocycles. The van der Waals surface area contributed by atoms with Crippen molar-refractivity contribution in [2.45, 2.75) is 12.5 Å². The minimum absolute atomic E-state index is 0.0538. The van der Waals surface area contributed by atoms with E-state index in [1.165, 1.54) is 0 Å². The molecule has 17 heavy (non-hydrogen) atoms. The molecule has 92 valence electrons. The van der Waals surface area contributed by atoms with Gasteiger partial charge < -0.3 is 10.1 Å². The summed E-state index contributed by atoms with van der Waals surface area (Å²) in [5, 5.41) is 3.03. The Morgan fingerprint density at radius 3 is 3.06 bits per heavy atom. The number of thioether (sulfide) groups is 1. The van der Waals surface area contributed by atoms with Crippen molar-refractivity contribution in [1.29, 1.82) is 0 Å². The molecule has 0 saturated carbocycles. The lowest BCUT2D eigenvalue weighted by atomic mass is 10.1. The second-order valence-electron chi connectivity index (χ2n) is 3.88. The molecule has 1 heterocycles. The van der Waals surface area contributed by atoms with E-state index < -0.39 is 0 Å². The van der Waals surface area contributed by atoms with Crippen LogP contribution in [0.1, 0.15) is 16.8 Å². The van der Waals surface area contributed by atoms with E-state index in [2.05, 4.69) is 21.2 Å². The average molecular weight is 316 g/mol. The van der Waals surface area contributed by atoms with Crippen molar-refractivity contribution in [3.8, 4) is 5.75 Å². The van der Waals surface area contributed by atoms with Gasteiger partial charge in [0.2, 0.25) is 0 Å². The molecular formula is C12H14BrNO2S. The lowest BCUT2D eigenvalue weighted by molar-refractivity contribution is 0.0938. The highest BCUT2D eigenvalue weighted by Gasteiger charge is 2.20. The predicted octanol–water partition coefficient (Wildman–Crippen LogP) is 2.69. The van der Waals surface area contributed by atoms with E-state index in [4.69, 9.17) is 4.74 Å². The first kappa shape index (κ1) is 12.8. The zero-order valence-electron chi connectivity index (χ0n) is 9.53. The summed E-state index contributed by atoms with van der Waals surface area (Å²) in [6, 6.07) is 5.72. The van der Waals surface area contributed by atoms with Gasteiger partial charge in [-0.1, -0.05) is 15.9 Å². The maximum atomic E-state index is 12.1. The Morgan fingerprint density at radius 2 is 2.41 bits per heavy atom. The third-order valence-electron chi connectivity index (χ3n) is 2.67. The number of hydrogen-bond donors (Lipinski definition) is 1. The van der Waals surface area contributed by atoms with E-state index >= 15 is 0 Å². The first-order valence-corrected chi connectivity index (χ1v) is 7.37. The maximum Gasteiger partial charge on any atom is 0.255 e. The van der Waals surface area contributed by atoms with Crippen LogP contribution in [0.2, 0.25) is 0 Å². The topological polar surface area (TPSA) is 38.3 Å². The average Bonchev–Trinajstić information content (AvgIpc) is 2.81. The normalized spacial score (nSPS) is 19.1. The second kappa shape index (κ2) is 5.78. The van der Waals surface area contributed by atoms with Crippen LogP contribution in [0.5, 0.6) is 5.75 Å². The van der Waals surface area contributed by atoms with Crippen molar-refractivity contribution < 1.29 is 9.53 Å². The molecule has 5 heteroatoms. The molecule has 1 aliphatic heterocycles. The van der Waals surface area contributed by atoms with E-state index in [1.54, 1.807) is 19.2 Å². The number of rotatable bonds is 3. The number of hydrogen-bond acceptors (Lipinski definition) is 3. The highest BCUT2D eigenvalue weighted by molar-refractivity contribution is 9.10. The number of halogens is 1. The molecule has 1 atom stereocenters. The fraction of sp³-hybridized carbons (Fsp3) is 0.417. The molecule has 2 rings (SSSR count). The van der Waals surface area contributed by atoms with Gasteiger partial charge in [0.15, 0.2) is 0 Å². The summed E-state index contributed by atoms with van der Waals surface area (Å²) < 4.78 is 6.12. The molecule has 0 spiro atoms. The molecular weight excluding hydrogens is 302 g/mol. The van der Waals surface area contributed by atoms with Crippen molar-refractivity contribution in [2.24, 2.45) is 0 Å². The minimum atomic E-state index is -0.0538. The largest absolute Gasteiger partial charge is 0.496 e. The van der Waals surface area contributed by atoms with Gasteiger partial charge in [-0.25, -0.2) is 0 Å². The van der Waals surface area contributed by atoms with Gasteiger partial charge in [0.05, 0.1) is 12.7 Å². The van der Waals surface area contributed by atoms with Crippen LogP contribution in [0.25, 0.3) is 0 Å². The van der Waals surface area contributed by atoms with Gasteiger partial charge >= 0.3 is 0 Å². The third-order valence-corrected chi connectivity index (χ3v) is 4.33. The quantitative estimate of drug-likeness (QED) is 0.932. The first-order valence-electron chi connectivity index (χ1n) is 5.43. The summed E-state index contributed by atoms with van der Waals surface area (Å²) in [6.45, 7) is 0. The molecule has 1 aromatic rings. The van der Waals surface area contributed by atoms with Crippen molar-refractivity contribution >= 4 is 33.6 Å². The van der Waals surface area contributed by atoms with Gasteiger partial charge in [-0.2, -0.15) is 11.8 Å². The van der Waals surface area contributed by atoms with E-state index in [0.29, 0.717) is 17.4 Å². The molecule has 1 unspecified atom stereocenters. The molecule has 1 fully saturated rings. The molecule has 0 aromatic heterocycles. The van der Waals surface area contributed by atoms with Crippen LogP contribution in [-0.4, -0.2) is 30.6 Å². The summed E-state index contributed by atoms with van der Waals surface area (Å²) in [5.74, 6) is 2.68. The van der Waals surface area contributed by atoms with Gasteiger partial charge in [-0.3, -0.25) is 4.79 Å². The molecule has 1 saturated heterocycles. The minimum Gasteiger partial charge on any atom is -0.496 e. The Bertz CT molecular complexity index is 419. The Morgan fingerprint density at radius 1 is 1.59 bits per heavy atom. The zero-order chi connectivity index (χ0) is 12.3. The van der Waals surface area contributed by atoms with Crippen LogP contribution < -0.4 is 10.1 Å². The van der Waals surface area contributed by atoms with Gasteiger partial charge in [-0.15, -0.1) is 0 Å². The monoisotopic (exact) mass is 315 g/mol. The van der Waals surface area contributed by atoms with Gasteiger partial charge in [-0.05, 0) is 30.4 Å². The fourth-order valence-electron chi connectivity index (χ4n) is 1.76. The Balaban J connectivity index is 2.12. The zero-order valence-corrected chi connectivity index (χ0v) is 11.9. The Hall–Kier alpha value is -0.680. The number of benzene rings is 1. The summed E-state index contributed by atoms with van der Waals surface area (Å²) in [5.41, 5.74) is 0.590. The molecule has 1 N–H and O–H groups in total. The SMILES string of the molecule is COc1cc(Br)ccc1C(=O)NC1CCSC1. The molecule has 1 amide bonds. The summed E-state index contributed by atoms with van der Waals surface area (Å²) in [4.78, 5) is 12.1. The maximum absolute atomic E-state index is 12.1. The highest BCUT2D eigenvalue weighted by Crippen LogP contribution is 2.24. The van der Waals surface area contributed by atoms with Crippen molar-refractivity contribution in [3.05, 3.63) is 28.2 Å². The van der Waals surface area contributed by atoms with Crippen LogP contribution >= 0.6 is 27.7 Å². The summed E-state index contributed by atoms with van der Waals surface area (Å²) in [6.07, 6.45) is 1.05. The van der Waals surface area contributed by atoms with Crippen molar-refractivity contribution in [2.75, 3.05) is 18.6 Å². The van der Waals surface area contributed by atoms with E-state index in [9.17, 15) is 4.79 Å². The molecule has 1 aromatic carbocycles. The Kier molecular flexibility index (Phi) is 4.34. The summed E-state index contributed by atoms with van der Waals surface area (Å²) >= 11 is 5.24. The van der Waals surface area contributed by atoms with Gasteiger partial charge in [0.25, 0.3) is 5.91 Å². The molecule has 3 nitrogen and oxygen atoms in total. The van der Waals surface area contributed by atoms with Crippen LogP contribution in [0, 0.1) is 0 Å². The number of amides is 1. The second-order valence-corrected chi connectivity index (χ2v) is 5.94. The molecule has 1 aliphatic rings. The molecule has 0 radical (unpaired) electrons. The van der Waals surface area contributed by atoms with Crippen LogP contribution in [0.15, 0.2) is 22.7 Å². The lowest BCUT2D eigenvalue weighted by Crippen LogP contribution is -2.34. The van der Waals surface area contributed by atoms with E-state index in [1.807, 2.05) is 17.8 Å². The fourth-order valence-corrected chi connectivity index (χ4v) is 3.26. The first-order chi connectivity index (χ1) is 8.20. The molecule has 0 bridgehead atoms. The third kappa shape index (κ3) is 3.16. The van der Waals surface area contributed by atoms with Gasteiger partial charge in [0, 0.05) is 16.3 Å². The lowest BCUT2D eigenvalue weighted by Gasteiger charge is -2.13.